The maximum absolute atomic E-state index is 11.2. The van der Waals surface area contributed by atoms with Gasteiger partial charge in [-0.25, -0.2) is 9.78 Å². The van der Waals surface area contributed by atoms with E-state index >= 15 is 0 Å². The number of rotatable bonds is 3. The molecule has 0 aliphatic carbocycles. The van der Waals surface area contributed by atoms with Crippen LogP contribution in [0, 0.1) is 0 Å². The summed E-state index contributed by atoms with van der Waals surface area (Å²) >= 11 is 0. The van der Waals surface area contributed by atoms with Crippen molar-refractivity contribution >= 4 is 17.5 Å². The Balaban J connectivity index is 2.31. The summed E-state index contributed by atoms with van der Waals surface area (Å²) in [6.45, 7) is 0. The Bertz CT molecular complexity index is 619. The normalized spacial score (nSPS) is 10.1. The van der Waals surface area contributed by atoms with Crippen LogP contribution in [0.1, 0.15) is 10.4 Å². The van der Waals surface area contributed by atoms with Gasteiger partial charge in [0, 0.05) is 18.8 Å². The highest BCUT2D eigenvalue weighted by Gasteiger charge is 2.07. The van der Waals surface area contributed by atoms with Crippen molar-refractivity contribution in [1.29, 1.82) is 0 Å². The highest BCUT2D eigenvalue weighted by atomic mass is 16.4. The molecule has 0 radical (unpaired) electrons. The molecule has 0 saturated carbocycles. The molecule has 2 aromatic rings. The molecule has 1 heterocycles. The minimum absolute atomic E-state index is 0.214. The van der Waals surface area contributed by atoms with Gasteiger partial charge in [-0.05, 0) is 24.3 Å². The molecule has 0 aliphatic heterocycles. The number of carboxylic acid groups (broad SMARTS) is 1. The number of aromatic nitrogens is 2. The number of carboxylic acids is 1. The lowest BCUT2D eigenvalue weighted by atomic mass is 10.2. The predicted molar refractivity (Wildman–Crippen MR) is 66.3 cm³/mol. The molecule has 0 spiro atoms. The van der Waals surface area contributed by atoms with Crippen LogP contribution in [0.3, 0.4) is 0 Å². The fourth-order valence-corrected chi connectivity index (χ4v) is 1.50. The Kier molecular flexibility index (Phi) is 3.09. The Morgan fingerprint density at radius 2 is 2.00 bits per heavy atom. The number of aromatic carboxylic acids is 1. The molecule has 6 heteroatoms. The summed E-state index contributed by atoms with van der Waals surface area (Å²) in [6.07, 6.45) is 1.32. The van der Waals surface area contributed by atoms with E-state index in [-0.39, 0.29) is 11.1 Å². The molecule has 6 nitrogen and oxygen atoms in total. The van der Waals surface area contributed by atoms with Gasteiger partial charge in [0.1, 0.15) is 5.82 Å². The summed E-state index contributed by atoms with van der Waals surface area (Å²) in [5.74, 6) is -0.486. The number of carbonyl (C=O) groups is 1. The van der Waals surface area contributed by atoms with Crippen LogP contribution < -0.4 is 10.5 Å². The zero-order chi connectivity index (χ0) is 13.1. The summed E-state index contributed by atoms with van der Waals surface area (Å²) in [4.78, 5) is 30.0. The molecule has 0 fully saturated rings. The van der Waals surface area contributed by atoms with Gasteiger partial charge >= 0.3 is 5.97 Å². The molecular formula is C12H11N3O3. The monoisotopic (exact) mass is 245 g/mol. The first kappa shape index (κ1) is 11.8. The zero-order valence-electron chi connectivity index (χ0n) is 9.62. The highest BCUT2D eigenvalue weighted by molar-refractivity contribution is 5.88. The smallest absolute Gasteiger partial charge is 0.335 e. The van der Waals surface area contributed by atoms with E-state index in [0.717, 1.165) is 5.69 Å². The van der Waals surface area contributed by atoms with Gasteiger partial charge in [-0.15, -0.1) is 0 Å². The number of nitrogens with one attached hydrogen (secondary N) is 1. The molecule has 1 aromatic heterocycles. The molecule has 0 amide bonds. The van der Waals surface area contributed by atoms with E-state index in [2.05, 4.69) is 9.97 Å². The van der Waals surface area contributed by atoms with E-state index in [1.54, 1.807) is 24.1 Å². The van der Waals surface area contributed by atoms with Crippen LogP contribution in [0.5, 0.6) is 0 Å². The Labute approximate surface area is 103 Å². The van der Waals surface area contributed by atoms with Crippen LogP contribution in [-0.4, -0.2) is 28.1 Å². The topological polar surface area (TPSA) is 86.3 Å². The van der Waals surface area contributed by atoms with Crippen LogP contribution in [-0.2, 0) is 0 Å². The van der Waals surface area contributed by atoms with Crippen molar-refractivity contribution in [2.24, 2.45) is 0 Å². The third kappa shape index (κ3) is 2.37. The largest absolute Gasteiger partial charge is 0.478 e. The molecule has 0 bridgehead atoms. The van der Waals surface area contributed by atoms with E-state index in [9.17, 15) is 9.59 Å². The number of nitrogens with zero attached hydrogens (tertiary/aromatic N) is 2. The Hall–Kier alpha value is -2.63. The summed E-state index contributed by atoms with van der Waals surface area (Å²) in [5, 5.41) is 8.80. The van der Waals surface area contributed by atoms with Gasteiger partial charge in [0.05, 0.1) is 11.9 Å². The van der Waals surface area contributed by atoms with Crippen molar-refractivity contribution in [3.63, 3.8) is 0 Å². The lowest BCUT2D eigenvalue weighted by molar-refractivity contribution is 0.0697. The fraction of sp³-hybridized carbons (Fsp3) is 0.0833. The molecule has 18 heavy (non-hydrogen) atoms. The highest BCUT2D eigenvalue weighted by Crippen LogP contribution is 2.20. The Morgan fingerprint density at radius 1 is 1.33 bits per heavy atom. The minimum Gasteiger partial charge on any atom is -0.478 e. The quantitative estimate of drug-likeness (QED) is 0.849. The van der Waals surface area contributed by atoms with Gasteiger partial charge < -0.3 is 15.0 Å². The number of hydrogen-bond acceptors (Lipinski definition) is 4. The van der Waals surface area contributed by atoms with Crippen LogP contribution >= 0.6 is 0 Å². The number of H-pyrrole nitrogens is 1. The number of hydrogen-bond donors (Lipinski definition) is 2. The van der Waals surface area contributed by atoms with Crippen molar-refractivity contribution in [3.8, 4) is 0 Å². The molecule has 2 N–H and O–H groups in total. The predicted octanol–water partition coefficient (Wildman–Crippen LogP) is 1.24. The summed E-state index contributed by atoms with van der Waals surface area (Å²) < 4.78 is 0. The first-order valence-electron chi connectivity index (χ1n) is 5.20. The zero-order valence-corrected chi connectivity index (χ0v) is 9.62. The van der Waals surface area contributed by atoms with Crippen LogP contribution in [0.25, 0.3) is 0 Å². The lowest BCUT2D eigenvalue weighted by Gasteiger charge is -2.17. The van der Waals surface area contributed by atoms with Crippen molar-refractivity contribution < 1.29 is 9.90 Å². The van der Waals surface area contributed by atoms with E-state index in [1.807, 2.05) is 0 Å². The van der Waals surface area contributed by atoms with E-state index in [0.29, 0.717) is 5.82 Å². The maximum atomic E-state index is 11.2. The van der Waals surface area contributed by atoms with Gasteiger partial charge in [0.2, 0.25) is 0 Å². The standard InChI is InChI=1S/C12H11N3O3/c1-15(10-6-11(16)14-7-13-10)9-4-2-8(3-5-9)12(17)18/h2-7H,1H3,(H,17,18)(H,13,14,16). The van der Waals surface area contributed by atoms with Gasteiger partial charge in [-0.1, -0.05) is 0 Å². The van der Waals surface area contributed by atoms with Crippen LogP contribution in [0.15, 0.2) is 41.5 Å². The van der Waals surface area contributed by atoms with E-state index in [4.69, 9.17) is 5.11 Å². The van der Waals surface area contributed by atoms with Crippen LogP contribution in [0.2, 0.25) is 0 Å². The molecular weight excluding hydrogens is 234 g/mol. The third-order valence-electron chi connectivity index (χ3n) is 2.51. The first-order valence-corrected chi connectivity index (χ1v) is 5.20. The second kappa shape index (κ2) is 4.70. The van der Waals surface area contributed by atoms with E-state index < -0.39 is 5.97 Å². The summed E-state index contributed by atoms with van der Waals surface area (Å²) in [6, 6.07) is 7.69. The lowest BCUT2D eigenvalue weighted by Crippen LogP contribution is -2.15. The Morgan fingerprint density at radius 3 is 2.56 bits per heavy atom. The maximum Gasteiger partial charge on any atom is 0.335 e. The molecule has 0 atom stereocenters. The third-order valence-corrected chi connectivity index (χ3v) is 2.51. The SMILES string of the molecule is CN(c1ccc(C(=O)O)cc1)c1cc(=O)[nH]cn1. The molecule has 92 valence electrons. The molecule has 0 unspecified atom stereocenters. The van der Waals surface area contributed by atoms with Crippen molar-refractivity contribution in [3.05, 3.63) is 52.6 Å². The van der Waals surface area contributed by atoms with Crippen LogP contribution in [0.4, 0.5) is 11.5 Å². The van der Waals surface area contributed by atoms with Crippen molar-refractivity contribution in [2.45, 2.75) is 0 Å². The van der Waals surface area contributed by atoms with Gasteiger partial charge in [0.15, 0.2) is 0 Å². The molecule has 0 saturated heterocycles. The fourth-order valence-electron chi connectivity index (χ4n) is 1.50. The van der Waals surface area contributed by atoms with Gasteiger partial charge in [0.25, 0.3) is 5.56 Å². The summed E-state index contributed by atoms with van der Waals surface area (Å²) in [7, 11) is 1.75. The number of benzene rings is 1. The minimum atomic E-state index is -0.974. The van der Waals surface area contributed by atoms with Gasteiger partial charge in [-0.3, -0.25) is 4.79 Å². The van der Waals surface area contributed by atoms with Gasteiger partial charge in [-0.2, -0.15) is 0 Å². The van der Waals surface area contributed by atoms with Crippen molar-refractivity contribution in [2.75, 3.05) is 11.9 Å². The van der Waals surface area contributed by atoms with E-state index in [1.165, 1.54) is 24.5 Å². The first-order chi connectivity index (χ1) is 8.58. The number of anilines is 2. The average Bonchev–Trinajstić information content (AvgIpc) is 2.38. The molecule has 1 aromatic carbocycles. The average molecular weight is 245 g/mol. The molecule has 0 aliphatic rings. The second-order valence-corrected chi connectivity index (χ2v) is 3.68. The van der Waals surface area contributed by atoms with Crippen molar-refractivity contribution in [1.82, 2.24) is 9.97 Å². The summed E-state index contributed by atoms with van der Waals surface area (Å²) in [5.41, 5.74) is 0.720. The number of aromatic amines is 1. The molecule has 2 rings (SSSR count). The second-order valence-electron chi connectivity index (χ2n) is 3.68.